The minimum Gasteiger partial charge on any atom is -0.481 e. The molecule has 0 spiro atoms. The van der Waals surface area contributed by atoms with Crippen LogP contribution in [0.25, 0.3) is 0 Å². The zero-order valence-corrected chi connectivity index (χ0v) is 11.7. The Morgan fingerprint density at radius 1 is 1.05 bits per heavy atom. The molecule has 2 saturated heterocycles. The number of hydrogen-bond donors (Lipinski definition) is 1. The molecule has 0 saturated carbocycles. The van der Waals surface area contributed by atoms with Gasteiger partial charge in [-0.1, -0.05) is 12.8 Å². The number of amides is 2. The third-order valence-corrected chi connectivity index (χ3v) is 4.35. The number of carboxylic acid groups (broad SMARTS) is 1. The van der Waals surface area contributed by atoms with Crippen LogP contribution in [0.4, 0.5) is 4.79 Å². The minimum absolute atomic E-state index is 0.0330. The van der Waals surface area contributed by atoms with Crippen molar-refractivity contribution in [2.75, 3.05) is 19.6 Å². The predicted octanol–water partition coefficient (Wildman–Crippen LogP) is 2.17. The van der Waals surface area contributed by atoms with E-state index in [9.17, 15) is 9.59 Å². The standard InChI is InChI=1S/C14H24N2O3/c1-11-10-12(13(17)18)6-9-16(11)14(19)15-7-4-2-3-5-8-15/h11-12H,2-10H2,1H3,(H,17,18). The molecule has 0 radical (unpaired) electrons. The molecule has 0 aromatic heterocycles. The molecule has 2 unspecified atom stereocenters. The fraction of sp³-hybridized carbons (Fsp3) is 0.857. The van der Waals surface area contributed by atoms with E-state index in [2.05, 4.69) is 0 Å². The third-order valence-electron chi connectivity index (χ3n) is 4.35. The minimum atomic E-state index is -0.728. The van der Waals surface area contributed by atoms with E-state index in [1.807, 2.05) is 16.7 Å². The first-order chi connectivity index (χ1) is 9.09. The summed E-state index contributed by atoms with van der Waals surface area (Å²) >= 11 is 0. The van der Waals surface area contributed by atoms with Crippen LogP contribution in [0.15, 0.2) is 0 Å². The summed E-state index contributed by atoms with van der Waals surface area (Å²) < 4.78 is 0. The predicted molar refractivity (Wildman–Crippen MR) is 72.0 cm³/mol. The van der Waals surface area contributed by atoms with Gasteiger partial charge in [0.1, 0.15) is 0 Å². The van der Waals surface area contributed by atoms with Crippen LogP contribution in [0.2, 0.25) is 0 Å². The Morgan fingerprint density at radius 3 is 2.21 bits per heavy atom. The maximum atomic E-state index is 12.5. The fourth-order valence-electron chi connectivity index (χ4n) is 3.12. The van der Waals surface area contributed by atoms with Gasteiger partial charge in [-0.3, -0.25) is 4.79 Å². The maximum absolute atomic E-state index is 12.5. The van der Waals surface area contributed by atoms with Gasteiger partial charge >= 0.3 is 12.0 Å². The summed E-state index contributed by atoms with van der Waals surface area (Å²) in [4.78, 5) is 27.3. The second-order valence-electron chi connectivity index (χ2n) is 5.79. The van der Waals surface area contributed by atoms with Crippen LogP contribution < -0.4 is 0 Å². The van der Waals surface area contributed by atoms with E-state index in [0.717, 1.165) is 25.9 Å². The highest BCUT2D eigenvalue weighted by atomic mass is 16.4. The zero-order chi connectivity index (χ0) is 13.8. The molecular weight excluding hydrogens is 244 g/mol. The second kappa shape index (κ2) is 6.26. The quantitative estimate of drug-likeness (QED) is 0.792. The zero-order valence-electron chi connectivity index (χ0n) is 11.7. The van der Waals surface area contributed by atoms with Gasteiger partial charge in [0, 0.05) is 25.7 Å². The molecule has 2 amide bonds. The summed E-state index contributed by atoms with van der Waals surface area (Å²) in [5.74, 6) is -1.02. The lowest BCUT2D eigenvalue weighted by atomic mass is 9.92. The smallest absolute Gasteiger partial charge is 0.320 e. The number of piperidine rings is 1. The summed E-state index contributed by atoms with van der Waals surface area (Å²) in [7, 11) is 0. The first-order valence-corrected chi connectivity index (χ1v) is 7.38. The van der Waals surface area contributed by atoms with Crippen LogP contribution in [0.1, 0.15) is 45.4 Å². The van der Waals surface area contributed by atoms with Crippen molar-refractivity contribution in [1.82, 2.24) is 9.80 Å². The third kappa shape index (κ3) is 3.39. The molecule has 5 heteroatoms. The van der Waals surface area contributed by atoms with E-state index in [4.69, 9.17) is 5.11 Å². The Balaban J connectivity index is 1.94. The van der Waals surface area contributed by atoms with E-state index < -0.39 is 5.97 Å². The van der Waals surface area contributed by atoms with Gasteiger partial charge < -0.3 is 14.9 Å². The average Bonchev–Trinajstić information content (AvgIpc) is 2.66. The lowest BCUT2D eigenvalue weighted by Gasteiger charge is -2.39. The van der Waals surface area contributed by atoms with E-state index in [-0.39, 0.29) is 18.0 Å². The summed E-state index contributed by atoms with van der Waals surface area (Å²) in [6.45, 7) is 4.24. The largest absolute Gasteiger partial charge is 0.481 e. The van der Waals surface area contributed by atoms with Crippen LogP contribution in [0.5, 0.6) is 0 Å². The lowest BCUT2D eigenvalue weighted by molar-refractivity contribution is -0.143. The number of urea groups is 1. The normalized spacial score (nSPS) is 28.9. The Kier molecular flexibility index (Phi) is 4.66. The van der Waals surface area contributed by atoms with Crippen LogP contribution in [-0.2, 0) is 4.79 Å². The van der Waals surface area contributed by atoms with Gasteiger partial charge in [0.15, 0.2) is 0 Å². The van der Waals surface area contributed by atoms with Gasteiger partial charge in [0.2, 0.25) is 0 Å². The highest BCUT2D eigenvalue weighted by Gasteiger charge is 2.34. The molecule has 2 aliphatic rings. The highest BCUT2D eigenvalue weighted by molar-refractivity contribution is 5.76. The molecule has 108 valence electrons. The lowest BCUT2D eigenvalue weighted by Crippen LogP contribution is -2.51. The molecule has 0 aromatic carbocycles. The molecule has 2 heterocycles. The van der Waals surface area contributed by atoms with Gasteiger partial charge in [0.25, 0.3) is 0 Å². The fourth-order valence-corrected chi connectivity index (χ4v) is 3.12. The second-order valence-corrected chi connectivity index (χ2v) is 5.79. The van der Waals surface area contributed by atoms with Crippen molar-refractivity contribution in [2.24, 2.45) is 5.92 Å². The molecule has 0 aliphatic carbocycles. The molecule has 2 fully saturated rings. The number of carbonyl (C=O) groups excluding carboxylic acids is 1. The molecule has 1 N–H and O–H groups in total. The van der Waals surface area contributed by atoms with Crippen molar-refractivity contribution in [3.63, 3.8) is 0 Å². The molecule has 2 aliphatic heterocycles. The monoisotopic (exact) mass is 268 g/mol. The number of nitrogens with zero attached hydrogens (tertiary/aromatic N) is 2. The highest BCUT2D eigenvalue weighted by Crippen LogP contribution is 2.24. The van der Waals surface area contributed by atoms with E-state index in [1.165, 1.54) is 12.8 Å². The maximum Gasteiger partial charge on any atom is 0.320 e. The van der Waals surface area contributed by atoms with Crippen molar-refractivity contribution in [3.05, 3.63) is 0 Å². The number of hydrogen-bond acceptors (Lipinski definition) is 2. The van der Waals surface area contributed by atoms with Crippen molar-refractivity contribution >= 4 is 12.0 Å². The topological polar surface area (TPSA) is 60.9 Å². The Morgan fingerprint density at radius 2 is 1.68 bits per heavy atom. The Labute approximate surface area is 114 Å². The first-order valence-electron chi connectivity index (χ1n) is 7.38. The van der Waals surface area contributed by atoms with Gasteiger partial charge in [-0.25, -0.2) is 4.79 Å². The van der Waals surface area contributed by atoms with Crippen molar-refractivity contribution < 1.29 is 14.7 Å². The van der Waals surface area contributed by atoms with E-state index in [1.54, 1.807) is 0 Å². The van der Waals surface area contributed by atoms with Crippen LogP contribution in [0.3, 0.4) is 0 Å². The molecule has 5 nitrogen and oxygen atoms in total. The molecular formula is C14H24N2O3. The summed E-state index contributed by atoms with van der Waals surface area (Å²) in [6, 6.07) is 0.142. The van der Waals surface area contributed by atoms with Crippen LogP contribution >= 0.6 is 0 Å². The number of rotatable bonds is 1. The number of aliphatic carboxylic acids is 1. The molecule has 0 aromatic rings. The SMILES string of the molecule is CC1CC(C(=O)O)CCN1C(=O)N1CCCCCC1. The van der Waals surface area contributed by atoms with Gasteiger partial charge in [-0.2, -0.15) is 0 Å². The van der Waals surface area contributed by atoms with Crippen LogP contribution in [0, 0.1) is 5.92 Å². The van der Waals surface area contributed by atoms with Crippen molar-refractivity contribution in [1.29, 1.82) is 0 Å². The molecule has 2 atom stereocenters. The molecule has 2 rings (SSSR count). The molecule has 19 heavy (non-hydrogen) atoms. The summed E-state index contributed by atoms with van der Waals surface area (Å²) in [5, 5.41) is 9.05. The van der Waals surface area contributed by atoms with Crippen molar-refractivity contribution in [3.8, 4) is 0 Å². The average molecular weight is 268 g/mol. The summed E-state index contributed by atoms with van der Waals surface area (Å²) in [5.41, 5.74) is 0. The Hall–Kier alpha value is -1.26. The molecule has 0 bridgehead atoms. The number of carbonyl (C=O) groups is 2. The van der Waals surface area contributed by atoms with Crippen LogP contribution in [-0.4, -0.2) is 52.6 Å². The van der Waals surface area contributed by atoms with Gasteiger partial charge in [-0.05, 0) is 32.6 Å². The van der Waals surface area contributed by atoms with E-state index in [0.29, 0.717) is 19.4 Å². The number of likely N-dealkylation sites (tertiary alicyclic amines) is 2. The number of carboxylic acids is 1. The van der Waals surface area contributed by atoms with Gasteiger partial charge in [0.05, 0.1) is 5.92 Å². The summed E-state index contributed by atoms with van der Waals surface area (Å²) in [6.07, 6.45) is 5.76. The Bertz CT molecular complexity index is 338. The van der Waals surface area contributed by atoms with Crippen molar-refractivity contribution in [2.45, 2.75) is 51.5 Å². The van der Waals surface area contributed by atoms with Gasteiger partial charge in [-0.15, -0.1) is 0 Å². The first kappa shape index (κ1) is 14.2. The van der Waals surface area contributed by atoms with E-state index >= 15 is 0 Å².